The van der Waals surface area contributed by atoms with Crippen LogP contribution < -0.4 is 0 Å². The number of aromatic nitrogens is 4. The Morgan fingerprint density at radius 1 is 0.560 bits per heavy atom. The minimum atomic E-state index is -0.299. The van der Waals surface area contributed by atoms with Gasteiger partial charge in [-0.25, -0.2) is 19.6 Å². The molecule has 0 radical (unpaired) electrons. The quantitative estimate of drug-likeness (QED) is 0.270. The van der Waals surface area contributed by atoms with Crippen molar-refractivity contribution in [3.63, 3.8) is 0 Å². The van der Waals surface area contributed by atoms with E-state index < -0.39 is 0 Å². The summed E-state index contributed by atoms with van der Waals surface area (Å²) in [7, 11) is 0. The van der Waals surface area contributed by atoms with Crippen molar-refractivity contribution in [2.75, 3.05) is 52.4 Å². The third-order valence-corrected chi connectivity index (χ3v) is 10.2. The van der Waals surface area contributed by atoms with Crippen molar-refractivity contribution < 1.29 is 28.7 Å². The van der Waals surface area contributed by atoms with Crippen LogP contribution in [0.25, 0.3) is 0 Å². The number of carbonyl (C=O) groups is 4. The predicted molar refractivity (Wildman–Crippen MR) is 186 cm³/mol. The topological polar surface area (TPSA) is 157 Å². The standard InChI is InChI=1S/C36H56N8O6/c45-33(15-5-1-3-9-29-25-37-27-39-29)41-17-21-43(22-18-41)35(47)49-31-11-7-13-32(14-8-12-31)50-36(48)44-23-19-42(20-24-44)34(46)16-6-2-4-10-30-26-38-28-40-30/h25-28,31-32H,1-24H2,(H,37,39)(H,38,40). The summed E-state index contributed by atoms with van der Waals surface area (Å²) in [6.07, 6.45) is 19.5. The number of piperazine rings is 2. The van der Waals surface area contributed by atoms with Crippen molar-refractivity contribution in [2.24, 2.45) is 0 Å². The van der Waals surface area contributed by atoms with Crippen molar-refractivity contribution >= 4 is 24.0 Å². The van der Waals surface area contributed by atoms with Crippen LogP contribution in [-0.2, 0) is 31.9 Å². The SMILES string of the molecule is O=C(CCCCCc1cnc[nH]1)N1CCN(C(=O)OC2CCCC(OC(=O)N3CCN(C(=O)CCCCCc4cnc[nH]4)CC3)CCC2)CC1. The summed E-state index contributed by atoms with van der Waals surface area (Å²) >= 11 is 0. The summed E-state index contributed by atoms with van der Waals surface area (Å²) < 4.78 is 11.8. The number of nitrogens with zero attached hydrogens (tertiary/aromatic N) is 6. The van der Waals surface area contributed by atoms with Crippen LogP contribution in [0, 0.1) is 0 Å². The van der Waals surface area contributed by atoms with Gasteiger partial charge in [-0.2, -0.15) is 0 Å². The number of H-pyrrole nitrogens is 2. The van der Waals surface area contributed by atoms with Gasteiger partial charge in [0.25, 0.3) is 0 Å². The Kier molecular flexibility index (Phi) is 14.8. The minimum absolute atomic E-state index is 0.150. The molecule has 2 N–H and O–H groups in total. The van der Waals surface area contributed by atoms with Crippen LogP contribution >= 0.6 is 0 Å². The zero-order chi connectivity index (χ0) is 35.0. The van der Waals surface area contributed by atoms with E-state index in [1.54, 1.807) is 22.5 Å². The van der Waals surface area contributed by atoms with E-state index >= 15 is 0 Å². The van der Waals surface area contributed by atoms with E-state index in [9.17, 15) is 19.2 Å². The monoisotopic (exact) mass is 696 g/mol. The van der Waals surface area contributed by atoms with Gasteiger partial charge in [0, 0.05) is 89.0 Å². The number of nitrogens with one attached hydrogen (secondary N) is 2. The normalized spacial score (nSPS) is 20.2. The molecule has 2 aliphatic heterocycles. The third kappa shape index (κ3) is 12.0. The third-order valence-electron chi connectivity index (χ3n) is 10.2. The zero-order valence-electron chi connectivity index (χ0n) is 29.6. The fourth-order valence-electron chi connectivity index (χ4n) is 7.08. The molecule has 0 spiro atoms. The molecule has 3 fully saturated rings. The van der Waals surface area contributed by atoms with Crippen LogP contribution in [0.15, 0.2) is 25.0 Å². The predicted octanol–water partition coefficient (Wildman–Crippen LogP) is 4.69. The van der Waals surface area contributed by atoms with Gasteiger partial charge in [0.05, 0.1) is 12.7 Å². The number of hydrogen-bond acceptors (Lipinski definition) is 8. The average molecular weight is 697 g/mol. The Hall–Kier alpha value is -4.10. The van der Waals surface area contributed by atoms with Crippen LogP contribution in [0.1, 0.15) is 101 Å². The van der Waals surface area contributed by atoms with E-state index in [2.05, 4.69) is 19.9 Å². The average Bonchev–Trinajstić information content (AvgIpc) is 3.85. The summed E-state index contributed by atoms with van der Waals surface area (Å²) in [5, 5.41) is 0. The highest BCUT2D eigenvalue weighted by atomic mass is 16.6. The molecule has 2 saturated heterocycles. The maximum atomic E-state index is 12.9. The van der Waals surface area contributed by atoms with Gasteiger partial charge < -0.3 is 39.0 Å². The maximum Gasteiger partial charge on any atom is 0.410 e. The number of ether oxygens (including phenoxy) is 2. The second-order valence-corrected chi connectivity index (χ2v) is 13.9. The minimum Gasteiger partial charge on any atom is -0.446 e. The first kappa shape index (κ1) is 37.2. The van der Waals surface area contributed by atoms with Crippen molar-refractivity contribution in [2.45, 2.75) is 115 Å². The number of unbranched alkanes of at least 4 members (excludes halogenated alkanes) is 4. The maximum absolute atomic E-state index is 12.9. The molecule has 0 bridgehead atoms. The molecule has 2 aromatic rings. The molecule has 3 aliphatic rings. The molecule has 14 heteroatoms. The lowest BCUT2D eigenvalue weighted by Gasteiger charge is -2.36. The molecule has 1 saturated carbocycles. The smallest absolute Gasteiger partial charge is 0.410 e. The summed E-state index contributed by atoms with van der Waals surface area (Å²) in [6.45, 7) is 4.13. The van der Waals surface area contributed by atoms with Crippen LogP contribution in [0.2, 0.25) is 0 Å². The molecule has 5 rings (SSSR count). The highest BCUT2D eigenvalue weighted by Crippen LogP contribution is 2.24. The summed E-state index contributed by atoms with van der Waals surface area (Å²) in [5.41, 5.74) is 2.25. The van der Waals surface area contributed by atoms with Crippen LogP contribution in [-0.4, -0.2) is 128 Å². The van der Waals surface area contributed by atoms with E-state index in [1.807, 2.05) is 22.2 Å². The van der Waals surface area contributed by atoms with Gasteiger partial charge in [-0.05, 0) is 77.0 Å². The number of rotatable bonds is 14. The number of aromatic amines is 2. The van der Waals surface area contributed by atoms with Gasteiger partial charge in [-0.15, -0.1) is 0 Å². The van der Waals surface area contributed by atoms with Crippen LogP contribution in [0.5, 0.6) is 0 Å². The Labute approximate surface area is 295 Å². The summed E-state index contributed by atoms with van der Waals surface area (Å²) in [5.74, 6) is 0.318. The van der Waals surface area contributed by atoms with Gasteiger partial charge >= 0.3 is 12.2 Å². The molecule has 2 aromatic heterocycles. The molecule has 1 aliphatic carbocycles. The van der Waals surface area contributed by atoms with Crippen LogP contribution in [0.3, 0.4) is 0 Å². The van der Waals surface area contributed by atoms with Crippen LogP contribution in [0.4, 0.5) is 9.59 Å². The van der Waals surface area contributed by atoms with E-state index in [4.69, 9.17) is 9.47 Å². The van der Waals surface area contributed by atoms with Gasteiger partial charge in [0.15, 0.2) is 0 Å². The molecule has 0 aromatic carbocycles. The Bertz CT molecular complexity index is 1200. The first-order valence-corrected chi connectivity index (χ1v) is 18.9. The van der Waals surface area contributed by atoms with Crippen molar-refractivity contribution in [3.05, 3.63) is 36.4 Å². The molecule has 14 nitrogen and oxygen atoms in total. The molecule has 4 amide bonds. The van der Waals surface area contributed by atoms with E-state index in [-0.39, 0.29) is 36.2 Å². The van der Waals surface area contributed by atoms with E-state index in [1.165, 1.54) is 0 Å². The van der Waals surface area contributed by atoms with Crippen molar-refractivity contribution in [1.29, 1.82) is 0 Å². The van der Waals surface area contributed by atoms with Crippen molar-refractivity contribution in [3.8, 4) is 0 Å². The number of aryl methyl sites for hydroxylation is 2. The van der Waals surface area contributed by atoms with Crippen molar-refractivity contribution in [1.82, 2.24) is 39.5 Å². The molecule has 50 heavy (non-hydrogen) atoms. The fourth-order valence-corrected chi connectivity index (χ4v) is 7.08. The number of amides is 4. The molecule has 0 atom stereocenters. The second kappa shape index (κ2) is 19.9. The lowest BCUT2D eigenvalue weighted by atomic mass is 9.96. The van der Waals surface area contributed by atoms with Gasteiger partial charge in [-0.1, -0.05) is 12.8 Å². The van der Waals surface area contributed by atoms with Gasteiger partial charge in [0.2, 0.25) is 11.8 Å². The first-order chi connectivity index (χ1) is 24.4. The Morgan fingerprint density at radius 3 is 1.30 bits per heavy atom. The van der Waals surface area contributed by atoms with Gasteiger partial charge in [-0.3, -0.25) is 9.59 Å². The lowest BCUT2D eigenvalue weighted by Crippen LogP contribution is -2.51. The number of carbonyl (C=O) groups excluding carboxylic acids is 4. The number of imidazole rings is 2. The molecule has 4 heterocycles. The van der Waals surface area contributed by atoms with E-state index in [0.717, 1.165) is 101 Å². The second-order valence-electron chi connectivity index (χ2n) is 13.9. The highest BCUT2D eigenvalue weighted by molar-refractivity contribution is 5.77. The molecule has 0 unspecified atom stereocenters. The number of hydrogen-bond donors (Lipinski definition) is 2. The zero-order valence-corrected chi connectivity index (χ0v) is 29.6. The molecular weight excluding hydrogens is 640 g/mol. The molecular formula is C36H56N8O6. The first-order valence-electron chi connectivity index (χ1n) is 18.9. The largest absolute Gasteiger partial charge is 0.446 e. The summed E-state index contributed by atoms with van der Waals surface area (Å²) in [6, 6.07) is 0. The van der Waals surface area contributed by atoms with Gasteiger partial charge in [0.1, 0.15) is 12.2 Å². The van der Waals surface area contributed by atoms with E-state index in [0.29, 0.717) is 65.2 Å². The molecule has 276 valence electrons. The Morgan fingerprint density at radius 2 is 0.940 bits per heavy atom. The fraction of sp³-hybridized carbons (Fsp3) is 0.722. The highest BCUT2D eigenvalue weighted by Gasteiger charge is 2.30. The lowest BCUT2D eigenvalue weighted by molar-refractivity contribution is -0.133. The Balaban J connectivity index is 0.892. The summed E-state index contributed by atoms with van der Waals surface area (Å²) in [4.78, 5) is 72.7.